The van der Waals surface area contributed by atoms with Crippen molar-refractivity contribution < 1.29 is 32.2 Å². The largest absolute Gasteiger partial charge is 0.449 e. The molecule has 0 radical (unpaired) electrons. The van der Waals surface area contributed by atoms with Gasteiger partial charge in [-0.1, -0.05) is 13.0 Å². The van der Waals surface area contributed by atoms with Gasteiger partial charge < -0.3 is 14.4 Å². The zero-order valence-corrected chi connectivity index (χ0v) is 18.5. The van der Waals surface area contributed by atoms with Gasteiger partial charge in [-0.2, -0.15) is 13.2 Å². The number of carbonyl (C=O) groups is 2. The second-order valence-electron chi connectivity index (χ2n) is 8.51. The fraction of sp³-hybridized carbons (Fsp3) is 0.591. The predicted molar refractivity (Wildman–Crippen MR) is 112 cm³/mol. The summed E-state index contributed by atoms with van der Waals surface area (Å²) in [5, 5.41) is 1.07. The van der Waals surface area contributed by atoms with Gasteiger partial charge in [0.05, 0.1) is 21.3 Å². The SMILES string of the molecule is C[C@H]1CC[C@H](c2ccc3sc(C4CCOCC4)nc3c2)N(C(=O)C(=O)OCC(F)(F)F)C1. The summed E-state index contributed by atoms with van der Waals surface area (Å²) in [6.45, 7) is 1.92. The maximum atomic E-state index is 12.7. The molecule has 2 aliphatic rings. The molecule has 10 heteroatoms. The van der Waals surface area contributed by atoms with Crippen LogP contribution in [-0.2, 0) is 19.1 Å². The molecule has 3 heterocycles. The van der Waals surface area contributed by atoms with Gasteiger partial charge in [0.2, 0.25) is 0 Å². The zero-order valence-electron chi connectivity index (χ0n) is 17.7. The minimum Gasteiger partial charge on any atom is -0.449 e. The van der Waals surface area contributed by atoms with Gasteiger partial charge in [0, 0.05) is 25.7 Å². The van der Waals surface area contributed by atoms with E-state index in [4.69, 9.17) is 9.72 Å². The number of benzene rings is 1. The van der Waals surface area contributed by atoms with Crippen molar-refractivity contribution in [3.63, 3.8) is 0 Å². The van der Waals surface area contributed by atoms with Crippen molar-refractivity contribution in [1.29, 1.82) is 0 Å². The summed E-state index contributed by atoms with van der Waals surface area (Å²) in [7, 11) is 0. The molecule has 0 bridgehead atoms. The maximum Gasteiger partial charge on any atom is 0.422 e. The van der Waals surface area contributed by atoms with Crippen LogP contribution in [0, 0.1) is 5.92 Å². The highest BCUT2D eigenvalue weighted by molar-refractivity contribution is 7.18. The second kappa shape index (κ2) is 9.35. The fourth-order valence-electron chi connectivity index (χ4n) is 4.34. The van der Waals surface area contributed by atoms with E-state index in [2.05, 4.69) is 4.74 Å². The Hall–Kier alpha value is -2.20. The van der Waals surface area contributed by atoms with Gasteiger partial charge in [-0.3, -0.25) is 4.79 Å². The molecule has 0 saturated carbocycles. The number of rotatable bonds is 3. The van der Waals surface area contributed by atoms with Crippen molar-refractivity contribution in [2.24, 2.45) is 5.92 Å². The summed E-state index contributed by atoms with van der Waals surface area (Å²) < 4.78 is 47.9. The van der Waals surface area contributed by atoms with E-state index in [1.807, 2.05) is 25.1 Å². The van der Waals surface area contributed by atoms with E-state index in [1.165, 1.54) is 4.90 Å². The fourth-order valence-corrected chi connectivity index (χ4v) is 5.46. The van der Waals surface area contributed by atoms with Crippen LogP contribution in [0.4, 0.5) is 13.2 Å². The maximum absolute atomic E-state index is 12.7. The van der Waals surface area contributed by atoms with Crippen molar-refractivity contribution in [1.82, 2.24) is 9.88 Å². The number of hydrogen-bond acceptors (Lipinski definition) is 6. The van der Waals surface area contributed by atoms with Gasteiger partial charge in [-0.05, 0) is 49.3 Å². The van der Waals surface area contributed by atoms with E-state index in [0.717, 1.165) is 53.3 Å². The van der Waals surface area contributed by atoms with Crippen molar-refractivity contribution >= 4 is 33.4 Å². The molecule has 0 unspecified atom stereocenters. The highest BCUT2D eigenvalue weighted by Gasteiger charge is 2.37. The topological polar surface area (TPSA) is 68.7 Å². The summed E-state index contributed by atoms with van der Waals surface area (Å²) in [5.41, 5.74) is 1.66. The number of ether oxygens (including phenoxy) is 2. The first-order valence-corrected chi connectivity index (χ1v) is 11.6. The van der Waals surface area contributed by atoms with Gasteiger partial charge >= 0.3 is 18.1 Å². The van der Waals surface area contributed by atoms with Crippen LogP contribution < -0.4 is 0 Å². The van der Waals surface area contributed by atoms with Crippen molar-refractivity contribution in [3.8, 4) is 0 Å². The van der Waals surface area contributed by atoms with Gasteiger partial charge in [-0.25, -0.2) is 9.78 Å². The Kier molecular flexibility index (Phi) is 6.71. The molecule has 2 saturated heterocycles. The van der Waals surface area contributed by atoms with Gasteiger partial charge in [0.1, 0.15) is 0 Å². The predicted octanol–water partition coefficient (Wildman–Crippen LogP) is 4.60. The van der Waals surface area contributed by atoms with Crippen molar-refractivity contribution in [2.45, 2.75) is 50.7 Å². The number of thiazole rings is 1. The molecule has 2 aromatic rings. The Bertz CT molecular complexity index is 987. The van der Waals surface area contributed by atoms with E-state index in [0.29, 0.717) is 12.3 Å². The summed E-state index contributed by atoms with van der Waals surface area (Å²) >= 11 is 1.65. The van der Waals surface area contributed by atoms with Gasteiger partial charge in [0.25, 0.3) is 0 Å². The third kappa shape index (κ3) is 5.23. The van der Waals surface area contributed by atoms with Crippen molar-refractivity contribution in [2.75, 3.05) is 26.4 Å². The molecule has 2 aliphatic heterocycles. The minimum absolute atomic E-state index is 0.133. The number of alkyl halides is 3. The first kappa shape index (κ1) is 23.0. The summed E-state index contributed by atoms with van der Waals surface area (Å²) in [6, 6.07) is 5.40. The van der Waals surface area contributed by atoms with E-state index in [-0.39, 0.29) is 12.5 Å². The molecular weight excluding hydrogens is 445 g/mol. The van der Waals surface area contributed by atoms with Crippen LogP contribution in [0.15, 0.2) is 18.2 Å². The number of esters is 1. The number of halogens is 3. The monoisotopic (exact) mass is 470 g/mol. The van der Waals surface area contributed by atoms with E-state index in [9.17, 15) is 22.8 Å². The Labute approximate surface area is 187 Å². The molecule has 1 amide bonds. The third-order valence-corrected chi connectivity index (χ3v) is 7.20. The summed E-state index contributed by atoms with van der Waals surface area (Å²) in [6.07, 6.45) is -1.34. The molecule has 1 aromatic carbocycles. The molecule has 174 valence electrons. The van der Waals surface area contributed by atoms with Gasteiger partial charge in [-0.15, -0.1) is 11.3 Å². The Morgan fingerprint density at radius 1 is 1.22 bits per heavy atom. The second-order valence-corrected chi connectivity index (χ2v) is 9.58. The molecule has 32 heavy (non-hydrogen) atoms. The smallest absolute Gasteiger partial charge is 0.422 e. The van der Waals surface area contributed by atoms with Crippen molar-refractivity contribution in [3.05, 3.63) is 28.8 Å². The standard InChI is InChI=1S/C22H25F3N2O4S/c1-13-2-4-17(27(11-13)20(28)21(29)31-12-22(23,24)25)15-3-5-18-16(10-15)26-19(32-18)14-6-8-30-9-7-14/h3,5,10,13-14,17H,2,4,6-9,11-12H2,1H3/t13-,17+/m0/s1. The van der Waals surface area contributed by atoms with Crippen LogP contribution in [0.3, 0.4) is 0 Å². The van der Waals surface area contributed by atoms with E-state index < -0.39 is 30.7 Å². The normalized spacial score (nSPS) is 22.8. The zero-order chi connectivity index (χ0) is 22.9. The van der Waals surface area contributed by atoms with Crippen LogP contribution in [0.1, 0.15) is 55.1 Å². The number of carbonyl (C=O) groups excluding carboxylic acids is 2. The molecule has 4 rings (SSSR count). The summed E-state index contributed by atoms with van der Waals surface area (Å²) in [5.74, 6) is -2.00. The highest BCUT2D eigenvalue weighted by atomic mass is 32.1. The molecule has 2 atom stereocenters. The molecule has 0 spiro atoms. The lowest BCUT2D eigenvalue weighted by molar-refractivity contribution is -0.190. The molecular formula is C22H25F3N2O4S. The minimum atomic E-state index is -4.68. The average Bonchev–Trinajstić information content (AvgIpc) is 3.20. The molecule has 1 aromatic heterocycles. The number of nitrogens with zero attached hydrogens (tertiary/aromatic N) is 2. The first-order valence-electron chi connectivity index (χ1n) is 10.7. The quantitative estimate of drug-likeness (QED) is 0.485. The van der Waals surface area contributed by atoms with Crippen LogP contribution >= 0.6 is 11.3 Å². The lowest BCUT2D eigenvalue weighted by Crippen LogP contribution is -2.45. The first-order chi connectivity index (χ1) is 15.2. The lowest BCUT2D eigenvalue weighted by atomic mass is 9.89. The van der Waals surface area contributed by atoms with E-state index in [1.54, 1.807) is 11.3 Å². The number of amides is 1. The average molecular weight is 471 g/mol. The highest BCUT2D eigenvalue weighted by Crippen LogP contribution is 2.38. The van der Waals surface area contributed by atoms with Crippen LogP contribution in [0.25, 0.3) is 10.2 Å². The van der Waals surface area contributed by atoms with Gasteiger partial charge in [0.15, 0.2) is 6.61 Å². The molecule has 2 fully saturated rings. The number of likely N-dealkylation sites (tertiary alicyclic amines) is 1. The Balaban J connectivity index is 1.55. The number of fused-ring (bicyclic) bond motifs is 1. The third-order valence-electron chi connectivity index (χ3n) is 6.00. The lowest BCUT2D eigenvalue weighted by Gasteiger charge is -2.38. The van der Waals surface area contributed by atoms with Crippen LogP contribution in [0.2, 0.25) is 0 Å². The number of aromatic nitrogens is 1. The Morgan fingerprint density at radius 2 is 1.97 bits per heavy atom. The summed E-state index contributed by atoms with van der Waals surface area (Å²) in [4.78, 5) is 30.9. The van der Waals surface area contributed by atoms with E-state index >= 15 is 0 Å². The molecule has 0 N–H and O–H groups in total. The number of piperidine rings is 1. The van der Waals surface area contributed by atoms with Crippen LogP contribution in [0.5, 0.6) is 0 Å². The molecule has 6 nitrogen and oxygen atoms in total. The Morgan fingerprint density at radius 3 is 2.69 bits per heavy atom. The van der Waals surface area contributed by atoms with Crippen LogP contribution in [-0.4, -0.2) is 54.3 Å². The number of hydrogen-bond donors (Lipinski definition) is 0. The molecule has 0 aliphatic carbocycles.